The van der Waals surface area contributed by atoms with E-state index >= 15 is 0 Å². The molecule has 6 nitrogen and oxygen atoms in total. The van der Waals surface area contributed by atoms with Gasteiger partial charge in [0.1, 0.15) is 6.07 Å². The first-order chi connectivity index (χ1) is 12.7. The Labute approximate surface area is 153 Å². The summed E-state index contributed by atoms with van der Waals surface area (Å²) >= 11 is 0. The van der Waals surface area contributed by atoms with Crippen LogP contribution in [0.2, 0.25) is 0 Å². The zero-order chi connectivity index (χ0) is 18.4. The minimum Gasteiger partial charge on any atom is -0.380 e. The predicted molar refractivity (Wildman–Crippen MR) is 101 cm³/mol. The largest absolute Gasteiger partial charge is 0.380 e. The van der Waals surface area contributed by atoms with Crippen molar-refractivity contribution in [3.8, 4) is 6.07 Å². The van der Waals surface area contributed by atoms with Crippen molar-refractivity contribution in [1.82, 2.24) is 4.90 Å². The van der Waals surface area contributed by atoms with Gasteiger partial charge in [-0.3, -0.25) is 15.0 Å². The summed E-state index contributed by atoms with van der Waals surface area (Å²) in [5, 5.41) is 23.4. The van der Waals surface area contributed by atoms with Crippen molar-refractivity contribution in [2.75, 3.05) is 18.4 Å². The Morgan fingerprint density at radius 3 is 2.54 bits per heavy atom. The number of non-ortho nitro benzene ring substituents is 1. The first kappa shape index (κ1) is 17.9. The van der Waals surface area contributed by atoms with E-state index < -0.39 is 4.92 Å². The summed E-state index contributed by atoms with van der Waals surface area (Å²) in [5.41, 5.74) is 3.29. The Kier molecular flexibility index (Phi) is 5.82. The fraction of sp³-hybridized carbons (Fsp3) is 0.350. The molecule has 134 valence electrons. The highest BCUT2D eigenvalue weighted by atomic mass is 16.6. The van der Waals surface area contributed by atoms with E-state index in [-0.39, 0.29) is 11.3 Å². The molecule has 2 aromatic rings. The van der Waals surface area contributed by atoms with Crippen molar-refractivity contribution in [2.24, 2.45) is 0 Å². The number of piperidine rings is 1. The van der Waals surface area contributed by atoms with Crippen LogP contribution < -0.4 is 5.32 Å². The van der Waals surface area contributed by atoms with Gasteiger partial charge in [-0.2, -0.15) is 5.26 Å². The maximum atomic E-state index is 10.9. The summed E-state index contributed by atoms with van der Waals surface area (Å²) in [6.07, 6.45) is 3.83. The molecule has 0 atom stereocenters. The summed E-state index contributed by atoms with van der Waals surface area (Å²) in [7, 11) is 0. The van der Waals surface area contributed by atoms with Crippen LogP contribution in [-0.2, 0) is 13.1 Å². The van der Waals surface area contributed by atoms with Crippen LogP contribution in [0.5, 0.6) is 0 Å². The highest BCUT2D eigenvalue weighted by Gasteiger charge is 2.13. The SMILES string of the molecule is N#Cc1cc([N+](=O)[O-])ccc1NCc1ccccc1CN1CCCCC1. The number of nitriles is 1. The lowest BCUT2D eigenvalue weighted by Gasteiger charge is -2.27. The van der Waals surface area contributed by atoms with E-state index in [2.05, 4.69) is 28.4 Å². The molecule has 1 saturated heterocycles. The lowest BCUT2D eigenvalue weighted by molar-refractivity contribution is -0.384. The van der Waals surface area contributed by atoms with Crippen molar-refractivity contribution in [3.05, 3.63) is 69.3 Å². The average Bonchev–Trinajstić information content (AvgIpc) is 2.68. The highest BCUT2D eigenvalue weighted by molar-refractivity contribution is 5.61. The van der Waals surface area contributed by atoms with E-state index in [1.165, 1.54) is 42.5 Å². The maximum absolute atomic E-state index is 10.9. The van der Waals surface area contributed by atoms with Gasteiger partial charge in [0, 0.05) is 25.2 Å². The molecule has 1 N–H and O–H groups in total. The van der Waals surface area contributed by atoms with Crippen molar-refractivity contribution >= 4 is 11.4 Å². The summed E-state index contributed by atoms with van der Waals surface area (Å²) in [6.45, 7) is 3.80. The Balaban J connectivity index is 1.72. The molecule has 3 rings (SSSR count). The third kappa shape index (κ3) is 4.38. The number of anilines is 1. The number of nitro benzene ring substituents is 1. The second-order valence-electron chi connectivity index (χ2n) is 6.56. The summed E-state index contributed by atoms with van der Waals surface area (Å²) < 4.78 is 0. The Morgan fingerprint density at radius 2 is 1.85 bits per heavy atom. The van der Waals surface area contributed by atoms with Gasteiger partial charge >= 0.3 is 0 Å². The molecule has 0 spiro atoms. The highest BCUT2D eigenvalue weighted by Crippen LogP contribution is 2.23. The molecule has 0 aromatic heterocycles. The molecule has 1 aliphatic rings. The molecule has 0 aliphatic carbocycles. The van der Waals surface area contributed by atoms with E-state index in [0.29, 0.717) is 12.2 Å². The van der Waals surface area contributed by atoms with E-state index in [1.807, 2.05) is 12.1 Å². The first-order valence-corrected chi connectivity index (χ1v) is 8.89. The fourth-order valence-corrected chi connectivity index (χ4v) is 3.33. The van der Waals surface area contributed by atoms with Gasteiger partial charge in [-0.15, -0.1) is 0 Å². The fourth-order valence-electron chi connectivity index (χ4n) is 3.33. The van der Waals surface area contributed by atoms with Gasteiger partial charge in [0.25, 0.3) is 5.69 Å². The monoisotopic (exact) mass is 350 g/mol. The normalized spacial score (nSPS) is 14.6. The van der Waals surface area contributed by atoms with E-state index in [4.69, 9.17) is 0 Å². The predicted octanol–water partition coefficient (Wildman–Crippen LogP) is 4.06. The third-order valence-corrected chi connectivity index (χ3v) is 4.76. The topological polar surface area (TPSA) is 82.2 Å². The number of rotatable bonds is 6. The molecule has 0 radical (unpaired) electrons. The van der Waals surface area contributed by atoms with Crippen molar-refractivity contribution in [3.63, 3.8) is 0 Å². The Hall–Kier alpha value is -2.91. The number of nitro groups is 1. The van der Waals surface area contributed by atoms with Gasteiger partial charge in [-0.25, -0.2) is 0 Å². The van der Waals surface area contributed by atoms with Crippen LogP contribution in [0.1, 0.15) is 36.0 Å². The average molecular weight is 350 g/mol. The van der Waals surface area contributed by atoms with Gasteiger partial charge in [-0.05, 0) is 43.1 Å². The molecule has 0 amide bonds. The lowest BCUT2D eigenvalue weighted by Crippen LogP contribution is -2.29. The molecule has 26 heavy (non-hydrogen) atoms. The van der Waals surface area contributed by atoms with Crippen LogP contribution in [0.3, 0.4) is 0 Å². The third-order valence-electron chi connectivity index (χ3n) is 4.76. The number of hydrogen-bond donors (Lipinski definition) is 1. The molecular formula is C20H22N4O2. The Bertz CT molecular complexity index is 823. The van der Waals surface area contributed by atoms with Crippen molar-refractivity contribution in [2.45, 2.75) is 32.4 Å². The number of nitrogens with zero attached hydrogens (tertiary/aromatic N) is 3. The van der Waals surface area contributed by atoms with Crippen LogP contribution >= 0.6 is 0 Å². The van der Waals surface area contributed by atoms with Crippen molar-refractivity contribution in [1.29, 1.82) is 5.26 Å². The summed E-state index contributed by atoms with van der Waals surface area (Å²) in [4.78, 5) is 12.9. The maximum Gasteiger partial charge on any atom is 0.270 e. The standard InChI is InChI=1S/C20H22N4O2/c21-13-18-12-19(24(25)26)8-9-20(18)22-14-16-6-2-3-7-17(16)15-23-10-4-1-5-11-23/h2-3,6-9,12,22H,1,4-5,10-11,14-15H2. The van der Waals surface area contributed by atoms with Gasteiger partial charge in [0.05, 0.1) is 16.2 Å². The second-order valence-corrected chi connectivity index (χ2v) is 6.56. The van der Waals surface area contributed by atoms with Crippen molar-refractivity contribution < 1.29 is 4.92 Å². The van der Waals surface area contributed by atoms with Gasteiger partial charge in [0.2, 0.25) is 0 Å². The smallest absolute Gasteiger partial charge is 0.270 e. The first-order valence-electron chi connectivity index (χ1n) is 8.89. The minimum atomic E-state index is -0.488. The molecule has 1 heterocycles. The zero-order valence-electron chi connectivity index (χ0n) is 14.6. The number of nitrogens with one attached hydrogen (secondary N) is 1. The summed E-state index contributed by atoms with van der Waals surface area (Å²) in [5.74, 6) is 0. The second kappa shape index (κ2) is 8.45. The van der Waals surface area contributed by atoms with Gasteiger partial charge in [-0.1, -0.05) is 30.7 Å². The number of likely N-dealkylation sites (tertiary alicyclic amines) is 1. The molecule has 0 bridgehead atoms. The van der Waals surface area contributed by atoms with Crippen LogP contribution in [0.15, 0.2) is 42.5 Å². The van der Waals surface area contributed by atoms with Crippen LogP contribution in [-0.4, -0.2) is 22.9 Å². The van der Waals surface area contributed by atoms with Crippen LogP contribution in [0, 0.1) is 21.4 Å². The zero-order valence-corrected chi connectivity index (χ0v) is 14.6. The van der Waals surface area contributed by atoms with Crippen LogP contribution in [0.25, 0.3) is 0 Å². The lowest BCUT2D eigenvalue weighted by atomic mass is 10.0. The number of hydrogen-bond acceptors (Lipinski definition) is 5. The molecule has 1 fully saturated rings. The molecule has 0 unspecified atom stereocenters. The van der Waals surface area contributed by atoms with Gasteiger partial charge in [0.15, 0.2) is 0 Å². The van der Waals surface area contributed by atoms with Gasteiger partial charge < -0.3 is 5.32 Å². The molecular weight excluding hydrogens is 328 g/mol. The summed E-state index contributed by atoms with van der Waals surface area (Å²) in [6, 6.07) is 14.7. The molecule has 1 aliphatic heterocycles. The molecule has 0 saturated carbocycles. The number of benzene rings is 2. The van der Waals surface area contributed by atoms with E-state index in [0.717, 1.165) is 19.6 Å². The molecule has 6 heteroatoms. The van der Waals surface area contributed by atoms with E-state index in [1.54, 1.807) is 6.07 Å². The molecule has 2 aromatic carbocycles. The van der Waals surface area contributed by atoms with E-state index in [9.17, 15) is 15.4 Å². The quantitative estimate of drug-likeness (QED) is 0.627. The minimum absolute atomic E-state index is 0.0717. The Morgan fingerprint density at radius 1 is 1.12 bits per heavy atom. The van der Waals surface area contributed by atoms with Crippen LogP contribution in [0.4, 0.5) is 11.4 Å².